The van der Waals surface area contributed by atoms with Gasteiger partial charge in [0.2, 0.25) is 0 Å². The van der Waals surface area contributed by atoms with Crippen molar-refractivity contribution in [3.05, 3.63) is 29.8 Å². The Labute approximate surface area is 155 Å². The number of carbonyl (C=O) groups excluding carboxylic acids is 1. The summed E-state index contributed by atoms with van der Waals surface area (Å²) < 4.78 is 11.0. The van der Waals surface area contributed by atoms with Crippen LogP contribution in [0.2, 0.25) is 0 Å². The van der Waals surface area contributed by atoms with E-state index in [1.165, 1.54) is 5.56 Å². The van der Waals surface area contributed by atoms with Crippen molar-refractivity contribution in [2.75, 3.05) is 32.8 Å². The number of nitrogens with zero attached hydrogens (tertiary/aromatic N) is 1. The summed E-state index contributed by atoms with van der Waals surface area (Å²) in [6.45, 7) is 7.14. The molecule has 0 saturated carbocycles. The summed E-state index contributed by atoms with van der Waals surface area (Å²) in [5.74, 6) is 0.969. The quantitative estimate of drug-likeness (QED) is 0.453. The van der Waals surface area contributed by atoms with Gasteiger partial charge in [-0.25, -0.2) is 0 Å². The molecular weight excluding hydrogens is 332 g/mol. The molecule has 144 valence electrons. The van der Waals surface area contributed by atoms with Crippen LogP contribution in [0, 0.1) is 0 Å². The number of amides is 1. The highest BCUT2D eigenvalue weighted by Crippen LogP contribution is 2.24. The molecule has 1 saturated heterocycles. The maximum atomic E-state index is 10.7. The zero-order valence-corrected chi connectivity index (χ0v) is 15.7. The van der Waals surface area contributed by atoms with E-state index in [1.54, 1.807) is 0 Å². The number of benzene rings is 1. The lowest BCUT2D eigenvalue weighted by molar-refractivity contribution is -0.119. The zero-order valence-electron chi connectivity index (χ0n) is 15.7. The Morgan fingerprint density at radius 1 is 1.35 bits per heavy atom. The highest BCUT2D eigenvalue weighted by Gasteiger charge is 2.29. The second kappa shape index (κ2) is 10.0. The second-order valence-electron chi connectivity index (χ2n) is 6.67. The molecule has 0 radical (unpaired) electrons. The Kier molecular flexibility index (Phi) is 7.72. The Hall–Kier alpha value is -2.28. The molecule has 1 aliphatic heterocycles. The maximum Gasteiger partial charge on any atom is 0.255 e. The summed E-state index contributed by atoms with van der Waals surface area (Å²) in [4.78, 5) is 15.4. The lowest BCUT2D eigenvalue weighted by atomic mass is 10.0. The molecule has 1 aromatic rings. The van der Waals surface area contributed by atoms with E-state index >= 15 is 0 Å². The van der Waals surface area contributed by atoms with E-state index in [9.17, 15) is 4.79 Å². The molecule has 0 aromatic heterocycles. The van der Waals surface area contributed by atoms with Gasteiger partial charge in [0.25, 0.3) is 5.91 Å². The third-order valence-corrected chi connectivity index (χ3v) is 4.23. The van der Waals surface area contributed by atoms with E-state index in [0.29, 0.717) is 12.3 Å². The summed E-state index contributed by atoms with van der Waals surface area (Å²) in [7, 11) is 0. The molecule has 1 unspecified atom stereocenters. The number of aliphatic imine (C=N–C) groups is 1. The van der Waals surface area contributed by atoms with E-state index in [4.69, 9.17) is 15.2 Å². The normalized spacial score (nSPS) is 20.0. The molecule has 1 aliphatic rings. The van der Waals surface area contributed by atoms with Gasteiger partial charge >= 0.3 is 0 Å². The standard InChI is InChI=1S/C19H30N4O3/c1-3-21-18(23-14-19(2)10-4-12-26-19)22-11-9-15-5-7-16(8-6-15)25-13-17(20)24/h5-8H,3-4,9-14H2,1-2H3,(H2,20,24)(H2,21,22,23). The molecule has 26 heavy (non-hydrogen) atoms. The molecule has 1 atom stereocenters. The molecule has 1 aromatic carbocycles. The number of hydrogen-bond donors (Lipinski definition) is 3. The van der Waals surface area contributed by atoms with Crippen molar-refractivity contribution in [3.63, 3.8) is 0 Å². The largest absolute Gasteiger partial charge is 0.484 e. The van der Waals surface area contributed by atoms with Gasteiger partial charge in [-0.05, 0) is 50.8 Å². The number of rotatable bonds is 9. The van der Waals surface area contributed by atoms with Crippen LogP contribution in [-0.4, -0.2) is 50.3 Å². The Morgan fingerprint density at radius 2 is 2.12 bits per heavy atom. The van der Waals surface area contributed by atoms with Gasteiger partial charge in [-0.1, -0.05) is 12.1 Å². The predicted octanol–water partition coefficient (Wildman–Crippen LogP) is 1.22. The van der Waals surface area contributed by atoms with Gasteiger partial charge in [-0.2, -0.15) is 0 Å². The number of primary amides is 1. The molecule has 4 N–H and O–H groups in total. The minimum absolute atomic E-state index is 0.105. The van der Waals surface area contributed by atoms with E-state index in [1.807, 2.05) is 24.3 Å². The second-order valence-corrected chi connectivity index (χ2v) is 6.67. The van der Waals surface area contributed by atoms with Gasteiger partial charge in [0, 0.05) is 19.7 Å². The average Bonchev–Trinajstić information content (AvgIpc) is 3.06. The SMILES string of the molecule is CCNC(=NCC1(C)CCCO1)NCCc1ccc(OCC(N)=O)cc1. The topological polar surface area (TPSA) is 98.0 Å². The van der Waals surface area contributed by atoms with Crippen molar-refractivity contribution in [1.82, 2.24) is 10.6 Å². The van der Waals surface area contributed by atoms with Crippen LogP contribution in [0.4, 0.5) is 0 Å². The number of hydrogen-bond acceptors (Lipinski definition) is 4. The summed E-state index contributed by atoms with van der Waals surface area (Å²) in [6, 6.07) is 7.65. The fourth-order valence-corrected chi connectivity index (χ4v) is 2.78. The van der Waals surface area contributed by atoms with Crippen LogP contribution in [0.1, 0.15) is 32.3 Å². The third kappa shape index (κ3) is 6.92. The third-order valence-electron chi connectivity index (χ3n) is 4.23. The van der Waals surface area contributed by atoms with Crippen molar-refractivity contribution >= 4 is 11.9 Å². The molecule has 1 heterocycles. The van der Waals surface area contributed by atoms with Crippen LogP contribution in [0.15, 0.2) is 29.3 Å². The van der Waals surface area contributed by atoms with Crippen LogP contribution >= 0.6 is 0 Å². The maximum absolute atomic E-state index is 10.7. The van der Waals surface area contributed by atoms with E-state index in [0.717, 1.165) is 44.9 Å². The van der Waals surface area contributed by atoms with Crippen molar-refractivity contribution in [3.8, 4) is 5.75 Å². The van der Waals surface area contributed by atoms with E-state index in [-0.39, 0.29) is 12.2 Å². The number of nitrogens with one attached hydrogen (secondary N) is 2. The number of nitrogens with two attached hydrogens (primary N) is 1. The van der Waals surface area contributed by atoms with Gasteiger partial charge in [0.1, 0.15) is 5.75 Å². The minimum Gasteiger partial charge on any atom is -0.484 e. The molecular formula is C19H30N4O3. The monoisotopic (exact) mass is 362 g/mol. The van der Waals surface area contributed by atoms with Gasteiger partial charge < -0.3 is 25.8 Å². The minimum atomic E-state index is -0.481. The van der Waals surface area contributed by atoms with Crippen LogP contribution in [0.25, 0.3) is 0 Å². The van der Waals surface area contributed by atoms with Gasteiger partial charge in [0.15, 0.2) is 12.6 Å². The summed E-state index contributed by atoms with van der Waals surface area (Å²) in [6.07, 6.45) is 3.02. The Bertz CT molecular complexity index is 595. The molecule has 0 spiro atoms. The first-order valence-corrected chi connectivity index (χ1v) is 9.17. The molecule has 0 bridgehead atoms. The number of ether oxygens (including phenoxy) is 2. The predicted molar refractivity (Wildman–Crippen MR) is 102 cm³/mol. The summed E-state index contributed by atoms with van der Waals surface area (Å²) in [5, 5.41) is 6.62. The lowest BCUT2D eigenvalue weighted by Gasteiger charge is -2.21. The lowest BCUT2D eigenvalue weighted by Crippen LogP contribution is -2.40. The van der Waals surface area contributed by atoms with Gasteiger partial charge in [0.05, 0.1) is 12.1 Å². The fourth-order valence-electron chi connectivity index (χ4n) is 2.78. The van der Waals surface area contributed by atoms with Crippen molar-refractivity contribution < 1.29 is 14.3 Å². The molecule has 1 amide bonds. The molecule has 1 fully saturated rings. The molecule has 7 heteroatoms. The Morgan fingerprint density at radius 3 is 2.73 bits per heavy atom. The summed E-state index contributed by atoms with van der Waals surface area (Å²) >= 11 is 0. The Balaban J connectivity index is 1.78. The highest BCUT2D eigenvalue weighted by atomic mass is 16.5. The highest BCUT2D eigenvalue weighted by molar-refractivity contribution is 5.79. The van der Waals surface area contributed by atoms with Crippen LogP contribution in [0.3, 0.4) is 0 Å². The first-order valence-electron chi connectivity index (χ1n) is 9.17. The van der Waals surface area contributed by atoms with Crippen molar-refractivity contribution in [2.45, 2.75) is 38.7 Å². The smallest absolute Gasteiger partial charge is 0.255 e. The van der Waals surface area contributed by atoms with Crippen LogP contribution in [0.5, 0.6) is 5.75 Å². The average molecular weight is 362 g/mol. The molecule has 7 nitrogen and oxygen atoms in total. The van der Waals surface area contributed by atoms with E-state index in [2.05, 4.69) is 29.5 Å². The van der Waals surface area contributed by atoms with Crippen molar-refractivity contribution in [2.24, 2.45) is 10.7 Å². The number of carbonyl (C=O) groups is 1. The van der Waals surface area contributed by atoms with Gasteiger partial charge in [-0.3, -0.25) is 9.79 Å². The molecule has 0 aliphatic carbocycles. The van der Waals surface area contributed by atoms with Crippen molar-refractivity contribution in [1.29, 1.82) is 0 Å². The first kappa shape index (κ1) is 20.0. The van der Waals surface area contributed by atoms with Crippen LogP contribution < -0.4 is 21.1 Å². The van der Waals surface area contributed by atoms with Crippen LogP contribution in [-0.2, 0) is 16.0 Å². The summed E-state index contributed by atoms with van der Waals surface area (Å²) in [5.41, 5.74) is 6.10. The van der Waals surface area contributed by atoms with Gasteiger partial charge in [-0.15, -0.1) is 0 Å². The first-order chi connectivity index (χ1) is 12.5. The fraction of sp³-hybridized carbons (Fsp3) is 0.579. The molecule has 2 rings (SSSR count). The van der Waals surface area contributed by atoms with E-state index < -0.39 is 5.91 Å². The zero-order chi connectivity index (χ0) is 18.8. The number of guanidine groups is 1.